The van der Waals surface area contributed by atoms with Crippen molar-refractivity contribution in [1.29, 1.82) is 0 Å². The summed E-state index contributed by atoms with van der Waals surface area (Å²) in [5.41, 5.74) is 0. The normalized spacial score (nSPS) is 9.68. The van der Waals surface area contributed by atoms with Crippen molar-refractivity contribution in [3.8, 4) is 0 Å². The molecule has 0 spiro atoms. The first-order valence-corrected chi connectivity index (χ1v) is 6.14. The maximum absolute atomic E-state index is 2.12. The topological polar surface area (TPSA) is 0 Å². The minimum atomic E-state index is 0. The third-order valence-electron chi connectivity index (χ3n) is 3.10. The third-order valence-corrected chi connectivity index (χ3v) is 3.10. The van der Waals surface area contributed by atoms with Crippen molar-refractivity contribution in [2.24, 2.45) is 0 Å². The van der Waals surface area contributed by atoms with Crippen LogP contribution in [0.2, 0.25) is 0 Å². The molecule has 101 valence electrons. The molecule has 4 aromatic carbocycles. The monoisotopic (exact) mass is 289 g/mol. The molecule has 4 rings (SSSR count). The zero-order valence-electron chi connectivity index (χ0n) is 10.4. The van der Waals surface area contributed by atoms with Crippen LogP contribution in [0.1, 0.15) is 0 Å². The van der Waals surface area contributed by atoms with Gasteiger partial charge in [-0.15, -0.1) is 35.7 Å². The fourth-order valence-corrected chi connectivity index (χ4v) is 2.14. The van der Waals surface area contributed by atoms with Crippen LogP contribution in [0, 0.1) is 0 Å². The number of rotatable bonds is 0. The van der Waals surface area contributed by atoms with Gasteiger partial charge in [0.05, 0.1) is 0 Å². The van der Waals surface area contributed by atoms with Gasteiger partial charge >= 0.3 is 0 Å². The molecular formula is C18H14Co-6. The molecule has 1 radical (unpaired) electrons. The Morgan fingerprint density at radius 3 is 1.95 bits per heavy atom. The van der Waals surface area contributed by atoms with Gasteiger partial charge in [-0.05, 0) is 0 Å². The second kappa shape index (κ2) is 6.37. The summed E-state index contributed by atoms with van der Waals surface area (Å²) in [6, 6.07) is 29.3. The van der Waals surface area contributed by atoms with E-state index >= 15 is 0 Å². The average molecular weight is 289 g/mol. The van der Waals surface area contributed by atoms with Gasteiger partial charge in [0.25, 0.3) is 0 Å². The van der Waals surface area contributed by atoms with Gasteiger partial charge in [-0.25, -0.2) is 0 Å². The molecule has 0 aliphatic heterocycles. The Hall–Kier alpha value is -1.83. The van der Waals surface area contributed by atoms with Crippen molar-refractivity contribution in [3.05, 3.63) is 84.9 Å². The summed E-state index contributed by atoms with van der Waals surface area (Å²) in [7, 11) is 0. The maximum atomic E-state index is 2.12. The van der Waals surface area contributed by atoms with E-state index in [-0.39, 0.29) is 16.8 Å². The van der Waals surface area contributed by atoms with Crippen molar-refractivity contribution in [2.75, 3.05) is 0 Å². The molecule has 0 aliphatic carbocycles. The molecule has 0 N–H and O–H groups in total. The summed E-state index contributed by atoms with van der Waals surface area (Å²) in [4.78, 5) is 0. The van der Waals surface area contributed by atoms with Gasteiger partial charge in [-0.1, -0.05) is 5.39 Å². The van der Waals surface area contributed by atoms with Crippen LogP contribution in [0.25, 0.3) is 21.5 Å². The van der Waals surface area contributed by atoms with Gasteiger partial charge in [-0.3, -0.25) is 0 Å². The Balaban J connectivity index is 0.000000133. The zero-order chi connectivity index (χ0) is 12.2. The van der Waals surface area contributed by atoms with Gasteiger partial charge in [0.1, 0.15) is 0 Å². The molecule has 4 aromatic rings. The molecule has 0 fully saturated rings. The fourth-order valence-electron chi connectivity index (χ4n) is 2.14. The summed E-state index contributed by atoms with van der Waals surface area (Å²) in [5, 5.41) is 5.32. The molecule has 0 atom stereocenters. The molecule has 0 aliphatic rings. The first-order chi connectivity index (χ1) is 8.93. The van der Waals surface area contributed by atoms with Crippen molar-refractivity contribution < 1.29 is 16.8 Å². The van der Waals surface area contributed by atoms with Crippen LogP contribution in [-0.2, 0) is 16.8 Å². The largest absolute Gasteiger partial charge is 0.642 e. The molecule has 0 unspecified atom stereocenters. The summed E-state index contributed by atoms with van der Waals surface area (Å²) < 4.78 is 0. The van der Waals surface area contributed by atoms with Gasteiger partial charge in [0, 0.05) is 16.8 Å². The third kappa shape index (κ3) is 3.14. The Bertz CT molecular complexity index is 620. The van der Waals surface area contributed by atoms with Crippen molar-refractivity contribution >= 4 is 21.5 Å². The summed E-state index contributed by atoms with van der Waals surface area (Å²) >= 11 is 0. The molecule has 0 nitrogen and oxygen atoms in total. The van der Waals surface area contributed by atoms with Crippen LogP contribution in [0.5, 0.6) is 0 Å². The molecule has 1 heteroatoms. The van der Waals surface area contributed by atoms with E-state index in [1.54, 1.807) is 0 Å². The fraction of sp³-hybridized carbons (Fsp3) is 0. The van der Waals surface area contributed by atoms with Gasteiger partial charge in [-0.2, -0.15) is 12.1 Å². The first kappa shape index (κ1) is 13.6. The van der Waals surface area contributed by atoms with E-state index in [1.807, 2.05) is 0 Å². The number of hydrogen-bond acceptors (Lipinski definition) is 0. The van der Waals surface area contributed by atoms with E-state index in [9.17, 15) is 0 Å². The second-order valence-corrected chi connectivity index (χ2v) is 4.31. The molecule has 0 heterocycles. The van der Waals surface area contributed by atoms with Gasteiger partial charge in [0.2, 0.25) is 0 Å². The Kier molecular flexibility index (Phi) is 4.56. The zero-order valence-corrected chi connectivity index (χ0v) is 11.5. The van der Waals surface area contributed by atoms with Crippen LogP contribution < -0.4 is 0 Å². The smallest absolute Gasteiger partial charge is 0 e. The average Bonchev–Trinajstić information content (AvgIpc) is 3.08. The van der Waals surface area contributed by atoms with E-state index in [1.165, 1.54) is 21.5 Å². The van der Waals surface area contributed by atoms with Crippen LogP contribution in [0.3, 0.4) is 0 Å². The molecular weight excluding hydrogens is 275 g/mol. The molecule has 0 saturated carbocycles. The number of fused-ring (bicyclic) bond motifs is 2. The SMILES string of the molecule is [Co].c1cc[c-]2[cH-][cH-][cH-][c-]2c1.c1cc[c-]2cccc2c1. The molecule has 0 bridgehead atoms. The summed E-state index contributed by atoms with van der Waals surface area (Å²) in [6.07, 6.45) is 0. The Morgan fingerprint density at radius 1 is 0.684 bits per heavy atom. The second-order valence-electron chi connectivity index (χ2n) is 4.31. The van der Waals surface area contributed by atoms with E-state index in [2.05, 4.69) is 84.9 Å². The van der Waals surface area contributed by atoms with Gasteiger partial charge < -0.3 is 53.2 Å². The van der Waals surface area contributed by atoms with E-state index < -0.39 is 0 Å². The van der Waals surface area contributed by atoms with Gasteiger partial charge in [0.15, 0.2) is 0 Å². The van der Waals surface area contributed by atoms with Crippen LogP contribution in [0.15, 0.2) is 84.9 Å². The van der Waals surface area contributed by atoms with Crippen molar-refractivity contribution in [3.63, 3.8) is 0 Å². The first-order valence-electron chi connectivity index (χ1n) is 6.14. The number of hydrogen-bond donors (Lipinski definition) is 0. The maximum Gasteiger partial charge on any atom is 0 e. The van der Waals surface area contributed by atoms with Crippen LogP contribution >= 0.6 is 0 Å². The molecule has 0 amide bonds. The minimum absolute atomic E-state index is 0. The minimum Gasteiger partial charge on any atom is -0.642 e. The predicted octanol–water partition coefficient (Wildman–Crippen LogP) is 5.11. The summed E-state index contributed by atoms with van der Waals surface area (Å²) in [5.74, 6) is 0. The summed E-state index contributed by atoms with van der Waals surface area (Å²) in [6.45, 7) is 0. The van der Waals surface area contributed by atoms with E-state index in [0.717, 1.165) is 0 Å². The van der Waals surface area contributed by atoms with Crippen LogP contribution in [-0.4, -0.2) is 0 Å². The Morgan fingerprint density at radius 2 is 1.26 bits per heavy atom. The predicted molar refractivity (Wildman–Crippen MR) is 79.1 cm³/mol. The van der Waals surface area contributed by atoms with E-state index in [0.29, 0.717) is 0 Å². The number of benzene rings is 2. The quantitative estimate of drug-likeness (QED) is 0.394. The molecule has 0 aromatic heterocycles. The van der Waals surface area contributed by atoms with E-state index in [4.69, 9.17) is 0 Å². The van der Waals surface area contributed by atoms with Crippen molar-refractivity contribution in [2.45, 2.75) is 0 Å². The van der Waals surface area contributed by atoms with Crippen molar-refractivity contribution in [1.82, 2.24) is 0 Å². The molecule has 0 saturated heterocycles. The standard InChI is InChI=1S/2C9H7.Co/c2*1-2-5-9-7-3-6-8(9)4-1;/h2*1-7H;/q-5;-1;. The Labute approximate surface area is 123 Å². The molecule has 19 heavy (non-hydrogen) atoms. The van der Waals surface area contributed by atoms with Crippen LogP contribution in [0.4, 0.5) is 0 Å².